The number of nitrogens with zero attached hydrogens (tertiary/aromatic N) is 5. The first kappa shape index (κ1) is 15.5. The second-order valence-corrected chi connectivity index (χ2v) is 6.11. The van der Waals surface area contributed by atoms with Crippen LogP contribution < -0.4 is 15.1 Å². The highest BCUT2D eigenvalue weighted by Gasteiger charge is 2.12. The van der Waals surface area contributed by atoms with Crippen molar-refractivity contribution in [3.63, 3.8) is 0 Å². The zero-order chi connectivity index (χ0) is 16.1. The minimum atomic E-state index is 0.546. The molecular weight excluding hydrogens is 288 g/mol. The summed E-state index contributed by atoms with van der Waals surface area (Å²) in [6.07, 6.45) is 6.81. The summed E-state index contributed by atoms with van der Waals surface area (Å²) in [5.41, 5.74) is 2.12. The molecule has 2 heterocycles. The van der Waals surface area contributed by atoms with E-state index in [1.807, 2.05) is 26.2 Å². The Labute approximate surface area is 137 Å². The smallest absolute Gasteiger partial charge is 0.249 e. The molecule has 1 aliphatic heterocycles. The molecular formula is C17H24N6. The molecule has 0 atom stereocenters. The van der Waals surface area contributed by atoms with Crippen LogP contribution in [0.1, 0.15) is 25.7 Å². The average Bonchev–Trinajstić information content (AvgIpc) is 2.85. The summed E-state index contributed by atoms with van der Waals surface area (Å²) in [5, 5.41) is 11.4. The third kappa shape index (κ3) is 4.09. The van der Waals surface area contributed by atoms with Crippen molar-refractivity contribution in [3.05, 3.63) is 30.5 Å². The fourth-order valence-electron chi connectivity index (χ4n) is 2.77. The highest BCUT2D eigenvalue weighted by Crippen LogP contribution is 2.20. The number of rotatable bonds is 4. The zero-order valence-electron chi connectivity index (χ0n) is 13.9. The molecule has 6 heteroatoms. The Morgan fingerprint density at radius 2 is 1.70 bits per heavy atom. The summed E-state index contributed by atoms with van der Waals surface area (Å²) in [6.45, 7) is 2.10. The van der Waals surface area contributed by atoms with Crippen LogP contribution in [0.25, 0.3) is 0 Å². The number of benzene rings is 1. The quantitative estimate of drug-likeness (QED) is 0.936. The summed E-state index contributed by atoms with van der Waals surface area (Å²) in [7, 11) is 4.06. The van der Waals surface area contributed by atoms with Crippen molar-refractivity contribution in [2.45, 2.75) is 25.7 Å². The monoisotopic (exact) mass is 312 g/mol. The highest BCUT2D eigenvalue weighted by molar-refractivity contribution is 5.59. The fraction of sp³-hybridized carbons (Fsp3) is 0.471. The Kier molecular flexibility index (Phi) is 4.90. The number of nitrogens with one attached hydrogen (secondary N) is 1. The lowest BCUT2D eigenvalue weighted by Crippen LogP contribution is -2.25. The van der Waals surface area contributed by atoms with Gasteiger partial charge in [-0.1, -0.05) is 12.8 Å². The van der Waals surface area contributed by atoms with Crippen LogP contribution >= 0.6 is 0 Å². The average molecular weight is 312 g/mol. The maximum absolute atomic E-state index is 4.62. The van der Waals surface area contributed by atoms with Crippen LogP contribution in [-0.2, 0) is 0 Å². The topological polar surface area (TPSA) is 57.2 Å². The molecule has 1 aromatic heterocycles. The van der Waals surface area contributed by atoms with Crippen molar-refractivity contribution >= 4 is 23.1 Å². The molecule has 0 bridgehead atoms. The standard InChI is InChI=1S/C17H24N6/c1-22(2)15-9-7-14(8-10-15)19-17-20-16(13-18-21-17)23-11-5-3-4-6-12-23/h7-10,13H,3-6,11-12H2,1-2H3,(H,19,20,21). The number of hydrogen-bond acceptors (Lipinski definition) is 6. The second kappa shape index (κ2) is 7.26. The van der Waals surface area contributed by atoms with Crippen LogP contribution in [0.2, 0.25) is 0 Å². The van der Waals surface area contributed by atoms with E-state index in [1.165, 1.54) is 25.7 Å². The van der Waals surface area contributed by atoms with Gasteiger partial charge in [0, 0.05) is 38.6 Å². The van der Waals surface area contributed by atoms with Gasteiger partial charge in [-0.15, -0.1) is 5.10 Å². The molecule has 23 heavy (non-hydrogen) atoms. The van der Waals surface area contributed by atoms with Gasteiger partial charge in [-0.25, -0.2) is 0 Å². The molecule has 1 saturated heterocycles. The number of anilines is 4. The van der Waals surface area contributed by atoms with E-state index >= 15 is 0 Å². The van der Waals surface area contributed by atoms with E-state index in [9.17, 15) is 0 Å². The van der Waals surface area contributed by atoms with Gasteiger partial charge in [0.05, 0.1) is 6.20 Å². The normalized spacial score (nSPS) is 15.1. The van der Waals surface area contributed by atoms with Crippen LogP contribution in [0.4, 0.5) is 23.1 Å². The third-order valence-corrected chi connectivity index (χ3v) is 4.12. The molecule has 0 spiro atoms. The van der Waals surface area contributed by atoms with Gasteiger partial charge in [-0.2, -0.15) is 10.1 Å². The van der Waals surface area contributed by atoms with Crippen molar-refractivity contribution < 1.29 is 0 Å². The Hall–Kier alpha value is -2.37. The molecule has 2 aromatic rings. The molecule has 1 fully saturated rings. The maximum Gasteiger partial charge on any atom is 0.249 e. The van der Waals surface area contributed by atoms with Crippen molar-refractivity contribution in [1.29, 1.82) is 0 Å². The molecule has 1 aliphatic rings. The Bertz CT molecular complexity index is 617. The van der Waals surface area contributed by atoms with Gasteiger partial charge in [-0.3, -0.25) is 0 Å². The van der Waals surface area contributed by atoms with Crippen LogP contribution in [0.15, 0.2) is 30.5 Å². The van der Waals surface area contributed by atoms with E-state index in [0.717, 1.165) is 30.3 Å². The summed E-state index contributed by atoms with van der Waals surface area (Å²) < 4.78 is 0. The van der Waals surface area contributed by atoms with E-state index in [-0.39, 0.29) is 0 Å². The Morgan fingerprint density at radius 3 is 2.35 bits per heavy atom. The van der Waals surface area contributed by atoms with Gasteiger partial charge in [0.15, 0.2) is 5.82 Å². The molecule has 0 radical (unpaired) electrons. The minimum absolute atomic E-state index is 0.546. The highest BCUT2D eigenvalue weighted by atomic mass is 15.3. The van der Waals surface area contributed by atoms with E-state index in [0.29, 0.717) is 5.95 Å². The van der Waals surface area contributed by atoms with Crippen molar-refractivity contribution in [2.75, 3.05) is 42.3 Å². The Morgan fingerprint density at radius 1 is 1.00 bits per heavy atom. The van der Waals surface area contributed by atoms with Crippen LogP contribution in [0.5, 0.6) is 0 Å². The summed E-state index contributed by atoms with van der Waals surface area (Å²) in [5.74, 6) is 1.46. The molecule has 3 rings (SSSR count). The van der Waals surface area contributed by atoms with E-state index in [1.54, 1.807) is 6.20 Å². The van der Waals surface area contributed by atoms with Gasteiger partial charge in [0.25, 0.3) is 0 Å². The Balaban J connectivity index is 1.71. The molecule has 1 N–H and O–H groups in total. The first-order valence-electron chi connectivity index (χ1n) is 8.21. The second-order valence-electron chi connectivity index (χ2n) is 6.11. The van der Waals surface area contributed by atoms with Gasteiger partial charge < -0.3 is 15.1 Å². The maximum atomic E-state index is 4.62. The van der Waals surface area contributed by atoms with Crippen molar-refractivity contribution in [3.8, 4) is 0 Å². The van der Waals surface area contributed by atoms with Crippen LogP contribution in [-0.4, -0.2) is 42.4 Å². The van der Waals surface area contributed by atoms with Crippen LogP contribution in [0, 0.1) is 0 Å². The van der Waals surface area contributed by atoms with E-state index in [2.05, 4.69) is 42.4 Å². The number of hydrogen-bond donors (Lipinski definition) is 1. The van der Waals surface area contributed by atoms with Crippen molar-refractivity contribution in [1.82, 2.24) is 15.2 Å². The van der Waals surface area contributed by atoms with Gasteiger partial charge in [0.1, 0.15) is 0 Å². The van der Waals surface area contributed by atoms with E-state index in [4.69, 9.17) is 0 Å². The number of aromatic nitrogens is 3. The van der Waals surface area contributed by atoms with Gasteiger partial charge in [0.2, 0.25) is 5.95 Å². The van der Waals surface area contributed by atoms with Gasteiger partial charge >= 0.3 is 0 Å². The first-order valence-corrected chi connectivity index (χ1v) is 8.21. The molecule has 0 amide bonds. The third-order valence-electron chi connectivity index (χ3n) is 4.12. The predicted molar refractivity (Wildman–Crippen MR) is 94.6 cm³/mol. The molecule has 122 valence electrons. The van der Waals surface area contributed by atoms with Crippen LogP contribution in [0.3, 0.4) is 0 Å². The summed E-state index contributed by atoms with van der Waals surface area (Å²) >= 11 is 0. The van der Waals surface area contributed by atoms with Gasteiger partial charge in [-0.05, 0) is 37.1 Å². The lowest BCUT2D eigenvalue weighted by atomic mass is 10.2. The lowest BCUT2D eigenvalue weighted by Gasteiger charge is -2.21. The molecule has 1 aromatic carbocycles. The fourth-order valence-corrected chi connectivity index (χ4v) is 2.77. The zero-order valence-corrected chi connectivity index (χ0v) is 13.9. The SMILES string of the molecule is CN(C)c1ccc(Nc2nncc(N3CCCCCC3)n2)cc1. The molecule has 0 aliphatic carbocycles. The lowest BCUT2D eigenvalue weighted by molar-refractivity contribution is 0.726. The minimum Gasteiger partial charge on any atom is -0.378 e. The first-order chi connectivity index (χ1) is 11.2. The largest absolute Gasteiger partial charge is 0.378 e. The predicted octanol–water partition coefficient (Wildman–Crippen LogP) is 3.06. The van der Waals surface area contributed by atoms with E-state index < -0.39 is 0 Å². The van der Waals surface area contributed by atoms with Crippen molar-refractivity contribution in [2.24, 2.45) is 0 Å². The molecule has 6 nitrogen and oxygen atoms in total. The summed E-state index contributed by atoms with van der Waals surface area (Å²) in [6, 6.07) is 8.18. The molecule has 0 unspecified atom stereocenters. The summed E-state index contributed by atoms with van der Waals surface area (Å²) in [4.78, 5) is 9.00. The molecule has 0 saturated carbocycles.